The number of alkyl halides is 3. The fourth-order valence-electron chi connectivity index (χ4n) is 2.90. The topological polar surface area (TPSA) is 65.1 Å². The second-order valence-corrected chi connectivity index (χ2v) is 8.24. The van der Waals surface area contributed by atoms with Crippen LogP contribution in [0, 0.1) is 0 Å². The molecule has 11 heteroatoms. The number of halogens is 3. The quantitative estimate of drug-likeness (QED) is 0.301. The summed E-state index contributed by atoms with van der Waals surface area (Å²) in [5, 5.41) is 0. The van der Waals surface area contributed by atoms with Gasteiger partial charge in [-0.2, -0.15) is 13.2 Å². The van der Waals surface area contributed by atoms with Gasteiger partial charge in [0.25, 0.3) is 5.91 Å². The van der Waals surface area contributed by atoms with Crippen molar-refractivity contribution in [3.8, 4) is 11.5 Å². The number of esters is 1. The Morgan fingerprint density at radius 3 is 2.61 bits per heavy atom. The first-order valence-corrected chi connectivity index (χ1v) is 10.8. The smallest absolute Gasteiger partial charge is 0.416 e. The van der Waals surface area contributed by atoms with E-state index in [9.17, 15) is 22.8 Å². The van der Waals surface area contributed by atoms with Crippen molar-refractivity contribution in [3.63, 3.8) is 0 Å². The van der Waals surface area contributed by atoms with Gasteiger partial charge in [0, 0.05) is 0 Å². The van der Waals surface area contributed by atoms with E-state index in [4.69, 9.17) is 26.4 Å². The van der Waals surface area contributed by atoms with Gasteiger partial charge in [0.15, 0.2) is 22.4 Å². The van der Waals surface area contributed by atoms with E-state index in [-0.39, 0.29) is 28.1 Å². The van der Waals surface area contributed by atoms with Crippen LogP contribution < -0.4 is 14.4 Å². The number of hydrogen-bond acceptors (Lipinski definition) is 7. The number of benzene rings is 2. The van der Waals surface area contributed by atoms with Gasteiger partial charge in [-0.25, -0.2) is 4.79 Å². The second-order valence-electron chi connectivity index (χ2n) is 6.57. The van der Waals surface area contributed by atoms with Gasteiger partial charge in [-0.15, -0.1) is 0 Å². The standard InChI is InChI=1S/C22H18F3NO5S2/c1-3-30-19(27)12-31-16-8-7-13(9-17(16)29-2)10-18-20(28)26(21(32)33-18)15-6-4-5-14(11-15)22(23,24)25/h4-11H,3,12H2,1-2H3/b18-10+. The van der Waals surface area contributed by atoms with Crippen molar-refractivity contribution in [2.45, 2.75) is 13.1 Å². The highest BCUT2D eigenvalue weighted by molar-refractivity contribution is 8.27. The van der Waals surface area contributed by atoms with Crippen LogP contribution in [0.25, 0.3) is 6.08 Å². The average Bonchev–Trinajstić information content (AvgIpc) is 3.05. The average molecular weight is 498 g/mol. The molecule has 0 bridgehead atoms. The Kier molecular flexibility index (Phi) is 7.65. The molecule has 1 aliphatic rings. The van der Waals surface area contributed by atoms with Gasteiger partial charge >= 0.3 is 12.1 Å². The third-order valence-corrected chi connectivity index (χ3v) is 5.66. The zero-order valence-electron chi connectivity index (χ0n) is 17.5. The molecule has 2 aromatic carbocycles. The molecule has 0 saturated carbocycles. The summed E-state index contributed by atoms with van der Waals surface area (Å²) >= 11 is 6.21. The molecule has 2 aromatic rings. The lowest BCUT2D eigenvalue weighted by Crippen LogP contribution is -2.27. The first kappa shape index (κ1) is 24.6. The molecule has 0 atom stereocenters. The Hall–Kier alpha value is -3.05. The highest BCUT2D eigenvalue weighted by Crippen LogP contribution is 2.39. The maximum atomic E-state index is 13.1. The van der Waals surface area contributed by atoms with Gasteiger partial charge in [0.1, 0.15) is 0 Å². The molecule has 1 amide bonds. The SMILES string of the molecule is CCOC(=O)COc1ccc(/C=C2/SC(=S)N(c3cccc(C(F)(F)F)c3)C2=O)cc1OC. The second kappa shape index (κ2) is 10.3. The number of amides is 1. The minimum absolute atomic E-state index is 0.0380. The Morgan fingerprint density at radius 2 is 1.94 bits per heavy atom. The predicted molar refractivity (Wildman–Crippen MR) is 122 cm³/mol. The van der Waals surface area contributed by atoms with Crippen molar-refractivity contribution in [3.05, 3.63) is 58.5 Å². The number of thiocarbonyl (C=S) groups is 1. The molecular weight excluding hydrogens is 479 g/mol. The summed E-state index contributed by atoms with van der Waals surface area (Å²) < 4.78 is 54.8. The van der Waals surface area contributed by atoms with Crippen molar-refractivity contribution >= 4 is 51.9 Å². The largest absolute Gasteiger partial charge is 0.493 e. The van der Waals surface area contributed by atoms with E-state index in [2.05, 4.69) is 0 Å². The molecule has 0 spiro atoms. The fraction of sp³-hybridized carbons (Fsp3) is 0.227. The van der Waals surface area contributed by atoms with E-state index in [0.717, 1.165) is 28.8 Å². The van der Waals surface area contributed by atoms with Crippen LogP contribution in [0.5, 0.6) is 11.5 Å². The summed E-state index contributed by atoms with van der Waals surface area (Å²) in [6, 6.07) is 9.22. The first-order valence-electron chi connectivity index (χ1n) is 9.55. The zero-order valence-corrected chi connectivity index (χ0v) is 19.1. The Bertz CT molecular complexity index is 1120. The number of rotatable bonds is 7. The van der Waals surface area contributed by atoms with E-state index in [1.807, 2.05) is 0 Å². The number of hydrogen-bond donors (Lipinski definition) is 0. The van der Waals surface area contributed by atoms with Crippen LogP contribution in [0.2, 0.25) is 0 Å². The first-order chi connectivity index (χ1) is 15.6. The van der Waals surface area contributed by atoms with Gasteiger partial charge in [-0.3, -0.25) is 9.69 Å². The lowest BCUT2D eigenvalue weighted by molar-refractivity contribution is -0.145. The van der Waals surface area contributed by atoms with Crippen molar-refractivity contribution in [2.24, 2.45) is 0 Å². The Labute approximate surface area is 197 Å². The van der Waals surface area contributed by atoms with Crippen molar-refractivity contribution < 1.29 is 37.0 Å². The van der Waals surface area contributed by atoms with E-state index >= 15 is 0 Å². The van der Waals surface area contributed by atoms with Crippen LogP contribution in [0.3, 0.4) is 0 Å². The summed E-state index contributed by atoms with van der Waals surface area (Å²) in [5.41, 5.74) is -0.267. The van der Waals surface area contributed by atoms with Crippen LogP contribution in [-0.4, -0.2) is 36.5 Å². The molecule has 0 radical (unpaired) electrons. The van der Waals surface area contributed by atoms with Crippen LogP contribution in [0.4, 0.5) is 18.9 Å². The lowest BCUT2D eigenvalue weighted by atomic mass is 10.1. The van der Waals surface area contributed by atoms with Gasteiger partial charge in [-0.05, 0) is 48.9 Å². The Balaban J connectivity index is 1.82. The Morgan fingerprint density at radius 1 is 1.18 bits per heavy atom. The molecule has 0 N–H and O–H groups in total. The van der Waals surface area contributed by atoms with Crippen LogP contribution >= 0.6 is 24.0 Å². The minimum Gasteiger partial charge on any atom is -0.493 e. The molecule has 1 heterocycles. The monoisotopic (exact) mass is 497 g/mol. The molecule has 0 aromatic heterocycles. The highest BCUT2D eigenvalue weighted by atomic mass is 32.2. The summed E-state index contributed by atoms with van der Waals surface area (Å²) in [6.07, 6.45) is -3.00. The van der Waals surface area contributed by atoms with E-state index in [1.54, 1.807) is 31.2 Å². The number of nitrogens with zero attached hydrogens (tertiary/aromatic N) is 1. The van der Waals surface area contributed by atoms with Gasteiger partial charge in [0.05, 0.1) is 29.9 Å². The molecular formula is C22H18F3NO5S2. The minimum atomic E-state index is -4.54. The normalized spacial score (nSPS) is 15.2. The number of methoxy groups -OCH3 is 1. The predicted octanol–water partition coefficient (Wildman–Crippen LogP) is 5.06. The summed E-state index contributed by atoms with van der Waals surface area (Å²) in [7, 11) is 1.42. The third kappa shape index (κ3) is 5.85. The molecule has 174 valence electrons. The molecule has 6 nitrogen and oxygen atoms in total. The van der Waals surface area contributed by atoms with Gasteiger partial charge in [-0.1, -0.05) is 36.1 Å². The zero-order chi connectivity index (χ0) is 24.2. The summed E-state index contributed by atoms with van der Waals surface area (Å²) in [5.74, 6) is -0.437. The molecule has 3 rings (SSSR count). The number of carbonyl (C=O) groups excluding carboxylic acids is 2. The van der Waals surface area contributed by atoms with Crippen LogP contribution in [0.15, 0.2) is 47.4 Å². The van der Waals surface area contributed by atoms with Crippen LogP contribution in [-0.2, 0) is 20.5 Å². The number of thioether (sulfide) groups is 1. The molecule has 0 unspecified atom stereocenters. The van der Waals surface area contributed by atoms with Gasteiger partial charge in [0.2, 0.25) is 0 Å². The van der Waals surface area contributed by atoms with Crippen molar-refractivity contribution in [1.82, 2.24) is 0 Å². The molecule has 33 heavy (non-hydrogen) atoms. The summed E-state index contributed by atoms with van der Waals surface area (Å²) in [4.78, 5) is 25.7. The fourth-order valence-corrected chi connectivity index (χ4v) is 4.19. The molecule has 1 fully saturated rings. The molecule has 1 saturated heterocycles. The molecule has 0 aliphatic carbocycles. The van der Waals surface area contributed by atoms with E-state index in [1.165, 1.54) is 19.2 Å². The maximum absolute atomic E-state index is 13.1. The van der Waals surface area contributed by atoms with E-state index in [0.29, 0.717) is 17.1 Å². The van der Waals surface area contributed by atoms with Crippen molar-refractivity contribution in [1.29, 1.82) is 0 Å². The van der Waals surface area contributed by atoms with E-state index < -0.39 is 23.6 Å². The maximum Gasteiger partial charge on any atom is 0.416 e. The van der Waals surface area contributed by atoms with Crippen molar-refractivity contribution in [2.75, 3.05) is 25.2 Å². The van der Waals surface area contributed by atoms with Crippen LogP contribution in [0.1, 0.15) is 18.1 Å². The lowest BCUT2D eigenvalue weighted by Gasteiger charge is -2.16. The third-order valence-electron chi connectivity index (χ3n) is 4.36. The molecule has 1 aliphatic heterocycles. The number of anilines is 1. The number of ether oxygens (including phenoxy) is 3. The van der Waals surface area contributed by atoms with Gasteiger partial charge < -0.3 is 14.2 Å². The number of carbonyl (C=O) groups is 2. The highest BCUT2D eigenvalue weighted by Gasteiger charge is 2.36. The summed E-state index contributed by atoms with van der Waals surface area (Å²) in [6.45, 7) is 1.62.